The van der Waals surface area contributed by atoms with Crippen molar-refractivity contribution in [2.24, 2.45) is 0 Å². The monoisotopic (exact) mass is 293 g/mol. The van der Waals surface area contributed by atoms with E-state index in [-0.39, 0.29) is 11.5 Å². The summed E-state index contributed by atoms with van der Waals surface area (Å²) < 4.78 is 27.8. The van der Waals surface area contributed by atoms with Crippen LogP contribution < -0.4 is 4.72 Å². The number of sulfonamides is 1. The van der Waals surface area contributed by atoms with Crippen molar-refractivity contribution in [2.75, 3.05) is 25.2 Å². The smallest absolute Gasteiger partial charge is 0.243 e. The molecule has 0 fully saturated rings. The van der Waals surface area contributed by atoms with Crippen LogP contribution in [0.3, 0.4) is 0 Å². The maximum absolute atomic E-state index is 11.9. The molecule has 0 aliphatic heterocycles. The Labute approximate surface area is 112 Å². The first kappa shape index (κ1) is 15.5. The Balaban J connectivity index is 2.53. The third kappa shape index (κ3) is 4.97. The third-order valence-corrected chi connectivity index (χ3v) is 4.40. The summed E-state index contributed by atoms with van der Waals surface area (Å²) in [6.45, 7) is 1.01. The lowest BCUT2D eigenvalue weighted by Crippen LogP contribution is -2.24. The van der Waals surface area contributed by atoms with Crippen molar-refractivity contribution < 1.29 is 13.5 Å². The van der Waals surface area contributed by atoms with Crippen molar-refractivity contribution in [3.8, 4) is 0 Å². The quantitative estimate of drug-likeness (QED) is 0.640. The van der Waals surface area contributed by atoms with Crippen molar-refractivity contribution in [1.82, 2.24) is 14.5 Å². The Kier molecular flexibility index (Phi) is 6.69. The topological polar surface area (TPSA) is 84.2 Å². The fourth-order valence-electron chi connectivity index (χ4n) is 1.34. The van der Waals surface area contributed by atoms with Crippen LogP contribution >= 0.6 is 11.8 Å². The van der Waals surface area contributed by atoms with E-state index in [1.54, 1.807) is 11.8 Å². The second kappa shape index (κ2) is 7.78. The van der Waals surface area contributed by atoms with Crippen molar-refractivity contribution >= 4 is 21.8 Å². The zero-order valence-electron chi connectivity index (χ0n) is 10.4. The molecule has 1 heterocycles. The number of aliphatic hydroxyl groups is 1. The first-order valence-electron chi connectivity index (χ1n) is 5.72. The summed E-state index contributed by atoms with van der Waals surface area (Å²) in [5, 5.41) is 12.6. The highest BCUT2D eigenvalue weighted by molar-refractivity contribution is 7.98. The lowest BCUT2D eigenvalue weighted by molar-refractivity contribution is 0.277. The Hall–Kier alpha value is -0.570. The Morgan fingerprint density at radius 1 is 1.50 bits per heavy atom. The number of nitrogens with zero attached hydrogens (tertiary/aromatic N) is 2. The van der Waals surface area contributed by atoms with E-state index in [9.17, 15) is 8.42 Å². The molecule has 0 radical (unpaired) electrons. The van der Waals surface area contributed by atoms with Gasteiger partial charge in [0.15, 0.2) is 0 Å². The Morgan fingerprint density at radius 3 is 2.94 bits per heavy atom. The molecule has 0 aliphatic carbocycles. The Bertz CT molecular complexity index is 445. The highest BCUT2D eigenvalue weighted by Crippen LogP contribution is 2.07. The molecule has 2 N–H and O–H groups in total. The molecule has 1 aromatic rings. The molecule has 0 atom stereocenters. The highest BCUT2D eigenvalue weighted by atomic mass is 32.2. The van der Waals surface area contributed by atoms with Crippen LogP contribution in [-0.4, -0.2) is 48.5 Å². The minimum atomic E-state index is -3.45. The fourth-order valence-corrected chi connectivity index (χ4v) is 2.80. The van der Waals surface area contributed by atoms with Crippen LogP contribution in [0.4, 0.5) is 0 Å². The van der Waals surface area contributed by atoms with Crippen molar-refractivity contribution in [3.05, 3.63) is 12.4 Å². The predicted octanol–water partition coefficient (Wildman–Crippen LogP) is 0.297. The molecular weight excluding hydrogens is 274 g/mol. The predicted molar refractivity (Wildman–Crippen MR) is 72.1 cm³/mol. The van der Waals surface area contributed by atoms with Gasteiger partial charge in [0.1, 0.15) is 4.90 Å². The SMILES string of the molecule is CSCCCNS(=O)(=O)c1cnn(CCCO)c1. The van der Waals surface area contributed by atoms with Gasteiger partial charge >= 0.3 is 0 Å². The third-order valence-electron chi connectivity index (χ3n) is 2.28. The van der Waals surface area contributed by atoms with E-state index >= 15 is 0 Å². The van der Waals surface area contributed by atoms with Gasteiger partial charge in [-0.25, -0.2) is 13.1 Å². The molecule has 0 aromatic carbocycles. The zero-order valence-corrected chi connectivity index (χ0v) is 12.0. The summed E-state index contributed by atoms with van der Waals surface area (Å²) >= 11 is 1.69. The molecule has 104 valence electrons. The van der Waals surface area contributed by atoms with Crippen LogP contribution in [0.25, 0.3) is 0 Å². The lowest BCUT2D eigenvalue weighted by atomic mass is 10.5. The minimum absolute atomic E-state index is 0.0644. The zero-order chi connectivity index (χ0) is 13.4. The average Bonchev–Trinajstić information content (AvgIpc) is 2.81. The second-order valence-corrected chi connectivity index (χ2v) is 6.51. The lowest BCUT2D eigenvalue weighted by Gasteiger charge is -2.03. The molecule has 0 bridgehead atoms. The molecule has 0 aliphatic rings. The van der Waals surface area contributed by atoms with Gasteiger partial charge in [-0.05, 0) is 24.9 Å². The molecule has 6 nitrogen and oxygen atoms in total. The summed E-state index contributed by atoms with van der Waals surface area (Å²) in [5.74, 6) is 0.929. The average molecular weight is 293 g/mol. The van der Waals surface area contributed by atoms with Crippen molar-refractivity contribution in [3.63, 3.8) is 0 Å². The van der Waals surface area contributed by atoms with E-state index in [0.29, 0.717) is 19.5 Å². The van der Waals surface area contributed by atoms with Gasteiger partial charge in [0.2, 0.25) is 10.0 Å². The normalized spacial score (nSPS) is 11.9. The van der Waals surface area contributed by atoms with Gasteiger partial charge in [0.05, 0.1) is 6.20 Å². The van der Waals surface area contributed by atoms with Gasteiger partial charge in [-0.1, -0.05) is 0 Å². The second-order valence-electron chi connectivity index (χ2n) is 3.76. The number of nitrogens with one attached hydrogen (secondary N) is 1. The summed E-state index contributed by atoms with van der Waals surface area (Å²) in [4.78, 5) is 0.171. The molecular formula is C10H19N3O3S2. The first-order valence-corrected chi connectivity index (χ1v) is 8.60. The van der Waals surface area contributed by atoms with E-state index in [1.165, 1.54) is 17.1 Å². The molecule has 1 aromatic heterocycles. The largest absolute Gasteiger partial charge is 0.396 e. The highest BCUT2D eigenvalue weighted by Gasteiger charge is 2.15. The molecule has 0 unspecified atom stereocenters. The van der Waals surface area contributed by atoms with Crippen LogP contribution in [0.15, 0.2) is 17.3 Å². The molecule has 0 saturated carbocycles. The molecule has 0 saturated heterocycles. The maximum atomic E-state index is 11.9. The first-order chi connectivity index (χ1) is 8.60. The van der Waals surface area contributed by atoms with Crippen LogP contribution in [0.1, 0.15) is 12.8 Å². The number of hydrogen-bond acceptors (Lipinski definition) is 5. The number of hydrogen-bond donors (Lipinski definition) is 2. The summed E-state index contributed by atoms with van der Waals surface area (Å²) in [5.41, 5.74) is 0. The number of aliphatic hydroxyl groups excluding tert-OH is 1. The summed E-state index contributed by atoms with van der Waals surface area (Å²) in [7, 11) is -3.45. The van der Waals surface area contributed by atoms with E-state index < -0.39 is 10.0 Å². The summed E-state index contributed by atoms with van der Waals surface area (Å²) in [6, 6.07) is 0. The fraction of sp³-hybridized carbons (Fsp3) is 0.700. The molecule has 1 rings (SSSR count). The molecule has 0 spiro atoms. The van der Waals surface area contributed by atoms with E-state index in [2.05, 4.69) is 9.82 Å². The molecule has 8 heteroatoms. The number of thioether (sulfide) groups is 1. The Morgan fingerprint density at radius 2 is 2.28 bits per heavy atom. The number of aryl methyl sites for hydroxylation is 1. The van der Waals surface area contributed by atoms with Gasteiger partial charge in [-0.2, -0.15) is 16.9 Å². The number of rotatable bonds is 9. The molecule has 0 amide bonds. The van der Waals surface area contributed by atoms with Gasteiger partial charge in [0, 0.05) is 25.9 Å². The van der Waals surface area contributed by atoms with Gasteiger partial charge in [-0.3, -0.25) is 4.68 Å². The number of aromatic nitrogens is 2. The van der Waals surface area contributed by atoms with Gasteiger partial charge in [0.25, 0.3) is 0 Å². The minimum Gasteiger partial charge on any atom is -0.396 e. The van der Waals surface area contributed by atoms with Crippen molar-refractivity contribution in [2.45, 2.75) is 24.3 Å². The van der Waals surface area contributed by atoms with E-state index in [1.807, 2.05) is 6.26 Å². The van der Waals surface area contributed by atoms with Crippen LogP contribution in [-0.2, 0) is 16.6 Å². The summed E-state index contributed by atoms with van der Waals surface area (Å²) in [6.07, 6.45) is 6.15. The van der Waals surface area contributed by atoms with Gasteiger partial charge < -0.3 is 5.11 Å². The van der Waals surface area contributed by atoms with Crippen LogP contribution in [0.5, 0.6) is 0 Å². The van der Waals surface area contributed by atoms with Crippen LogP contribution in [0.2, 0.25) is 0 Å². The molecule has 18 heavy (non-hydrogen) atoms. The van der Waals surface area contributed by atoms with E-state index in [0.717, 1.165) is 12.2 Å². The maximum Gasteiger partial charge on any atom is 0.243 e. The van der Waals surface area contributed by atoms with Crippen molar-refractivity contribution in [1.29, 1.82) is 0 Å². The standard InChI is InChI=1S/C10H19N3O3S2/c1-17-7-2-4-12-18(15,16)10-8-11-13(9-10)5-3-6-14/h8-9,12,14H,2-7H2,1H3. The van der Waals surface area contributed by atoms with Crippen LogP contribution in [0, 0.1) is 0 Å². The van der Waals surface area contributed by atoms with Gasteiger partial charge in [-0.15, -0.1) is 0 Å². The van der Waals surface area contributed by atoms with E-state index in [4.69, 9.17) is 5.11 Å².